The molecule has 1 fully saturated rings. The molecule has 1 aromatic heterocycles. The second-order valence-electron chi connectivity index (χ2n) is 6.01. The number of methoxy groups -OCH3 is 1. The topological polar surface area (TPSA) is 62.5 Å². The van der Waals surface area contributed by atoms with Gasteiger partial charge in [0.2, 0.25) is 5.88 Å². The first kappa shape index (κ1) is 17.2. The van der Waals surface area contributed by atoms with Gasteiger partial charge in [0.15, 0.2) is 0 Å². The molecular formula is C16H30N4O2. The zero-order valence-corrected chi connectivity index (χ0v) is 14.1. The number of aryl methyl sites for hydroxylation is 2. The lowest BCUT2D eigenvalue weighted by molar-refractivity contribution is 0.0821. The van der Waals surface area contributed by atoms with Gasteiger partial charge in [-0.05, 0) is 38.8 Å². The maximum absolute atomic E-state index is 9.50. The molecule has 1 aromatic rings. The SMILES string of the molecule is CCc1nn(C)c(OC)c1CNCCCN1CCC(O)CC1. The van der Waals surface area contributed by atoms with Crippen molar-refractivity contribution < 1.29 is 9.84 Å². The van der Waals surface area contributed by atoms with Crippen molar-refractivity contribution in [2.24, 2.45) is 7.05 Å². The van der Waals surface area contributed by atoms with Gasteiger partial charge in [-0.2, -0.15) is 5.10 Å². The third-order valence-electron chi connectivity index (χ3n) is 4.39. The monoisotopic (exact) mass is 310 g/mol. The van der Waals surface area contributed by atoms with Crippen molar-refractivity contribution in [3.8, 4) is 5.88 Å². The van der Waals surface area contributed by atoms with Crippen LogP contribution >= 0.6 is 0 Å². The van der Waals surface area contributed by atoms with E-state index in [4.69, 9.17) is 4.74 Å². The molecule has 0 bridgehead atoms. The molecule has 2 heterocycles. The van der Waals surface area contributed by atoms with Gasteiger partial charge in [0.05, 0.1) is 24.5 Å². The molecule has 0 saturated carbocycles. The van der Waals surface area contributed by atoms with Crippen LogP contribution in [0.3, 0.4) is 0 Å². The molecule has 0 unspecified atom stereocenters. The van der Waals surface area contributed by atoms with Crippen molar-refractivity contribution in [3.63, 3.8) is 0 Å². The molecule has 22 heavy (non-hydrogen) atoms. The van der Waals surface area contributed by atoms with Gasteiger partial charge in [-0.25, -0.2) is 4.68 Å². The number of hydrogen-bond donors (Lipinski definition) is 2. The minimum Gasteiger partial charge on any atom is -0.481 e. The molecule has 2 N–H and O–H groups in total. The van der Waals surface area contributed by atoms with Crippen LogP contribution in [0.4, 0.5) is 0 Å². The van der Waals surface area contributed by atoms with E-state index in [0.29, 0.717) is 0 Å². The molecule has 126 valence electrons. The molecule has 1 aliphatic heterocycles. The third-order valence-corrected chi connectivity index (χ3v) is 4.39. The van der Waals surface area contributed by atoms with Gasteiger partial charge >= 0.3 is 0 Å². The van der Waals surface area contributed by atoms with E-state index < -0.39 is 0 Å². The van der Waals surface area contributed by atoms with Crippen molar-refractivity contribution in [3.05, 3.63) is 11.3 Å². The summed E-state index contributed by atoms with van der Waals surface area (Å²) in [6, 6.07) is 0. The van der Waals surface area contributed by atoms with Crippen LogP contribution in [0.5, 0.6) is 5.88 Å². The number of piperidine rings is 1. The summed E-state index contributed by atoms with van der Waals surface area (Å²) in [5.41, 5.74) is 2.28. The van der Waals surface area contributed by atoms with Gasteiger partial charge in [0.1, 0.15) is 0 Å². The zero-order chi connectivity index (χ0) is 15.9. The second-order valence-corrected chi connectivity index (χ2v) is 6.01. The van der Waals surface area contributed by atoms with Crippen LogP contribution < -0.4 is 10.1 Å². The van der Waals surface area contributed by atoms with Gasteiger partial charge in [0.25, 0.3) is 0 Å². The molecule has 0 aliphatic carbocycles. The molecule has 0 aromatic carbocycles. The molecule has 0 amide bonds. The number of aromatic nitrogens is 2. The molecule has 1 aliphatic rings. The molecule has 0 radical (unpaired) electrons. The van der Waals surface area contributed by atoms with E-state index in [2.05, 4.69) is 22.2 Å². The standard InChI is InChI=1S/C16H30N4O2/c1-4-15-14(16(22-3)19(2)18-15)12-17-8-5-9-20-10-6-13(21)7-11-20/h13,17,21H,4-12H2,1-3H3. The summed E-state index contributed by atoms with van der Waals surface area (Å²) in [7, 11) is 3.62. The first-order chi connectivity index (χ1) is 10.7. The summed E-state index contributed by atoms with van der Waals surface area (Å²) >= 11 is 0. The lowest BCUT2D eigenvalue weighted by Gasteiger charge is -2.29. The summed E-state index contributed by atoms with van der Waals surface area (Å²) in [5.74, 6) is 0.856. The number of ether oxygens (including phenoxy) is 1. The Kier molecular flexibility index (Phi) is 6.67. The summed E-state index contributed by atoms with van der Waals surface area (Å²) in [6.07, 6.45) is 3.80. The van der Waals surface area contributed by atoms with Crippen molar-refractivity contribution in [1.82, 2.24) is 20.0 Å². The molecule has 6 nitrogen and oxygen atoms in total. The predicted octanol–water partition coefficient (Wildman–Crippen LogP) is 0.928. The number of aliphatic hydroxyl groups excluding tert-OH is 1. The van der Waals surface area contributed by atoms with Crippen LogP contribution in [-0.2, 0) is 20.0 Å². The highest BCUT2D eigenvalue weighted by atomic mass is 16.5. The van der Waals surface area contributed by atoms with Crippen LogP contribution in [-0.4, -0.2) is 59.2 Å². The average molecular weight is 310 g/mol. The van der Waals surface area contributed by atoms with E-state index in [0.717, 1.165) is 70.0 Å². The average Bonchev–Trinajstić information content (AvgIpc) is 2.84. The molecule has 0 atom stereocenters. The lowest BCUT2D eigenvalue weighted by atomic mass is 10.1. The second kappa shape index (κ2) is 8.50. The maximum atomic E-state index is 9.50. The van der Waals surface area contributed by atoms with Crippen molar-refractivity contribution in [2.75, 3.05) is 33.3 Å². The van der Waals surface area contributed by atoms with Gasteiger partial charge in [-0.3, -0.25) is 0 Å². The zero-order valence-electron chi connectivity index (χ0n) is 14.1. The molecule has 1 saturated heterocycles. The van der Waals surface area contributed by atoms with E-state index in [1.54, 1.807) is 7.11 Å². The Hall–Kier alpha value is -1.11. The van der Waals surface area contributed by atoms with E-state index in [9.17, 15) is 5.11 Å². The predicted molar refractivity (Wildman–Crippen MR) is 87.1 cm³/mol. The van der Waals surface area contributed by atoms with Crippen LogP contribution in [0.25, 0.3) is 0 Å². The normalized spacial score (nSPS) is 17.1. The number of aliphatic hydroxyl groups is 1. The Morgan fingerprint density at radius 1 is 1.36 bits per heavy atom. The fourth-order valence-corrected chi connectivity index (χ4v) is 3.11. The fourth-order valence-electron chi connectivity index (χ4n) is 3.11. The summed E-state index contributed by atoms with van der Waals surface area (Å²) < 4.78 is 7.26. The summed E-state index contributed by atoms with van der Waals surface area (Å²) in [6.45, 7) is 7.06. The van der Waals surface area contributed by atoms with Gasteiger partial charge in [-0.1, -0.05) is 6.92 Å². The highest BCUT2D eigenvalue weighted by molar-refractivity contribution is 5.31. The van der Waals surface area contributed by atoms with Crippen LogP contribution in [0.2, 0.25) is 0 Å². The number of nitrogens with zero attached hydrogens (tertiary/aromatic N) is 3. The van der Waals surface area contributed by atoms with Crippen molar-refractivity contribution in [2.45, 2.75) is 45.3 Å². The Balaban J connectivity index is 1.70. The minimum atomic E-state index is -0.0834. The quantitative estimate of drug-likeness (QED) is 0.699. The van der Waals surface area contributed by atoms with Gasteiger partial charge in [-0.15, -0.1) is 0 Å². The van der Waals surface area contributed by atoms with Crippen molar-refractivity contribution in [1.29, 1.82) is 0 Å². The Morgan fingerprint density at radius 3 is 2.73 bits per heavy atom. The third kappa shape index (κ3) is 4.44. The summed E-state index contributed by atoms with van der Waals surface area (Å²) in [5, 5.41) is 17.5. The highest BCUT2D eigenvalue weighted by Gasteiger charge is 2.17. The van der Waals surface area contributed by atoms with Crippen LogP contribution in [0.15, 0.2) is 0 Å². The number of rotatable bonds is 8. The lowest BCUT2D eigenvalue weighted by Crippen LogP contribution is -2.37. The molecule has 2 rings (SSSR count). The molecular weight excluding hydrogens is 280 g/mol. The Morgan fingerprint density at radius 2 is 2.09 bits per heavy atom. The van der Waals surface area contributed by atoms with E-state index in [1.807, 2.05) is 11.7 Å². The summed E-state index contributed by atoms with van der Waals surface area (Å²) in [4.78, 5) is 2.44. The van der Waals surface area contributed by atoms with Gasteiger partial charge in [0, 0.05) is 26.7 Å². The van der Waals surface area contributed by atoms with E-state index in [1.165, 1.54) is 5.56 Å². The van der Waals surface area contributed by atoms with Crippen molar-refractivity contribution >= 4 is 0 Å². The first-order valence-corrected chi connectivity index (χ1v) is 8.35. The maximum Gasteiger partial charge on any atom is 0.216 e. The number of likely N-dealkylation sites (tertiary alicyclic amines) is 1. The Labute approximate surface area is 133 Å². The van der Waals surface area contributed by atoms with E-state index in [-0.39, 0.29) is 6.10 Å². The minimum absolute atomic E-state index is 0.0834. The fraction of sp³-hybridized carbons (Fsp3) is 0.812. The first-order valence-electron chi connectivity index (χ1n) is 8.35. The largest absolute Gasteiger partial charge is 0.481 e. The van der Waals surface area contributed by atoms with Crippen LogP contribution in [0.1, 0.15) is 37.4 Å². The van der Waals surface area contributed by atoms with Crippen LogP contribution in [0, 0.1) is 0 Å². The number of nitrogens with one attached hydrogen (secondary N) is 1. The molecule has 6 heteroatoms. The van der Waals surface area contributed by atoms with E-state index >= 15 is 0 Å². The van der Waals surface area contributed by atoms with Gasteiger partial charge < -0.3 is 20.1 Å². The Bertz CT molecular complexity index is 453. The highest BCUT2D eigenvalue weighted by Crippen LogP contribution is 2.21. The number of hydrogen-bond acceptors (Lipinski definition) is 5. The smallest absolute Gasteiger partial charge is 0.216 e. The molecule has 0 spiro atoms.